The maximum Gasteiger partial charge on any atom is 0.162 e. The summed E-state index contributed by atoms with van der Waals surface area (Å²) in [5.74, 6) is 0.215. The van der Waals surface area contributed by atoms with Crippen molar-refractivity contribution in [3.05, 3.63) is 47.5 Å². The first-order valence-electron chi connectivity index (χ1n) is 6.80. The van der Waals surface area contributed by atoms with E-state index in [1.165, 1.54) is 23.8 Å². The molecule has 0 saturated carbocycles. The summed E-state index contributed by atoms with van der Waals surface area (Å²) in [4.78, 5) is 11.7. The van der Waals surface area contributed by atoms with Gasteiger partial charge in [-0.3, -0.25) is 4.79 Å². The first kappa shape index (κ1) is 12.8. The van der Waals surface area contributed by atoms with Crippen LogP contribution >= 0.6 is 0 Å². The van der Waals surface area contributed by atoms with E-state index in [1.54, 1.807) is 0 Å². The quantitative estimate of drug-likeness (QED) is 0.688. The predicted octanol–water partition coefficient (Wildman–Crippen LogP) is 4.78. The van der Waals surface area contributed by atoms with Gasteiger partial charge in [0.25, 0.3) is 0 Å². The zero-order valence-electron chi connectivity index (χ0n) is 11.2. The summed E-state index contributed by atoms with van der Waals surface area (Å²) >= 11 is 0. The monoisotopic (exact) mass is 240 g/mol. The molecule has 0 saturated heterocycles. The molecule has 0 amide bonds. The Bertz CT molecular complexity index is 555. The zero-order valence-corrected chi connectivity index (χ0v) is 11.2. The number of aryl methyl sites for hydroxylation is 1. The normalized spacial score (nSPS) is 10.8. The van der Waals surface area contributed by atoms with Gasteiger partial charge >= 0.3 is 0 Å². The first-order chi connectivity index (χ1) is 8.74. The summed E-state index contributed by atoms with van der Waals surface area (Å²) in [6.45, 7) is 4.12. The number of carbonyl (C=O) groups excluding carboxylic acids is 1. The van der Waals surface area contributed by atoms with E-state index >= 15 is 0 Å². The van der Waals surface area contributed by atoms with E-state index in [0.29, 0.717) is 6.42 Å². The van der Waals surface area contributed by atoms with Gasteiger partial charge in [-0.15, -0.1) is 0 Å². The third-order valence-corrected chi connectivity index (χ3v) is 3.37. The van der Waals surface area contributed by atoms with Gasteiger partial charge in [0.05, 0.1) is 0 Å². The second-order valence-corrected chi connectivity index (χ2v) is 4.78. The van der Waals surface area contributed by atoms with Gasteiger partial charge in [0.2, 0.25) is 0 Å². The number of hydrogen-bond donors (Lipinski definition) is 0. The van der Waals surface area contributed by atoms with Crippen LogP contribution in [0.3, 0.4) is 0 Å². The van der Waals surface area contributed by atoms with Crippen molar-refractivity contribution in [1.82, 2.24) is 0 Å². The van der Waals surface area contributed by atoms with E-state index in [4.69, 9.17) is 0 Å². The van der Waals surface area contributed by atoms with Gasteiger partial charge in [0.15, 0.2) is 5.78 Å². The van der Waals surface area contributed by atoms with E-state index in [2.05, 4.69) is 31.2 Å². The Hall–Kier alpha value is -1.63. The molecule has 0 heterocycles. The number of unbranched alkanes of at least 4 members (excludes halogenated alkanes) is 1. The number of carbonyl (C=O) groups is 1. The van der Waals surface area contributed by atoms with Crippen LogP contribution in [0.1, 0.15) is 49.0 Å². The Kier molecular flexibility index (Phi) is 4.14. The number of Topliss-reactive ketones (excluding diaryl/α,β-unsaturated/α-hetero) is 1. The van der Waals surface area contributed by atoms with E-state index in [1.807, 2.05) is 19.1 Å². The largest absolute Gasteiger partial charge is 0.294 e. The maximum atomic E-state index is 11.7. The molecular weight excluding hydrogens is 220 g/mol. The lowest BCUT2D eigenvalue weighted by Crippen LogP contribution is -1.95. The predicted molar refractivity (Wildman–Crippen MR) is 77.2 cm³/mol. The summed E-state index contributed by atoms with van der Waals surface area (Å²) < 4.78 is 0. The third-order valence-electron chi connectivity index (χ3n) is 3.37. The lowest BCUT2D eigenvalue weighted by Gasteiger charge is -2.05. The number of rotatable bonds is 5. The van der Waals surface area contributed by atoms with Crippen molar-refractivity contribution in [1.29, 1.82) is 0 Å². The molecule has 0 aliphatic rings. The van der Waals surface area contributed by atoms with Crippen molar-refractivity contribution >= 4 is 16.6 Å². The minimum atomic E-state index is 0.215. The third kappa shape index (κ3) is 2.79. The molecule has 0 aromatic heterocycles. The van der Waals surface area contributed by atoms with Gasteiger partial charge in [-0.25, -0.2) is 0 Å². The van der Waals surface area contributed by atoms with Crippen molar-refractivity contribution < 1.29 is 4.79 Å². The molecule has 94 valence electrons. The summed E-state index contributed by atoms with van der Waals surface area (Å²) in [6.07, 6.45) is 4.17. The Morgan fingerprint density at radius 3 is 2.44 bits per heavy atom. The molecule has 0 unspecified atom stereocenters. The molecule has 0 aliphatic heterocycles. The molecule has 0 radical (unpaired) electrons. The second-order valence-electron chi connectivity index (χ2n) is 4.78. The minimum Gasteiger partial charge on any atom is -0.294 e. The SMILES string of the molecule is CCCCc1ccc2cc(C(=O)CC)ccc2c1. The lowest BCUT2D eigenvalue weighted by atomic mass is 10.00. The number of benzene rings is 2. The van der Waals surface area contributed by atoms with Crippen molar-refractivity contribution in [3.63, 3.8) is 0 Å². The van der Waals surface area contributed by atoms with Crippen molar-refractivity contribution in [2.24, 2.45) is 0 Å². The summed E-state index contributed by atoms with van der Waals surface area (Å²) in [6, 6.07) is 12.6. The zero-order chi connectivity index (χ0) is 13.0. The molecule has 0 N–H and O–H groups in total. The van der Waals surface area contributed by atoms with Crippen LogP contribution in [0.4, 0.5) is 0 Å². The molecule has 0 bridgehead atoms. The van der Waals surface area contributed by atoms with Crippen molar-refractivity contribution in [3.8, 4) is 0 Å². The molecule has 1 heteroatoms. The van der Waals surface area contributed by atoms with E-state index in [9.17, 15) is 4.79 Å². The molecule has 0 atom stereocenters. The van der Waals surface area contributed by atoms with Crippen LogP contribution in [0.2, 0.25) is 0 Å². The summed E-state index contributed by atoms with van der Waals surface area (Å²) in [7, 11) is 0. The van der Waals surface area contributed by atoms with Crippen molar-refractivity contribution in [2.45, 2.75) is 39.5 Å². The van der Waals surface area contributed by atoms with Gasteiger partial charge < -0.3 is 0 Å². The molecule has 0 aliphatic carbocycles. The van der Waals surface area contributed by atoms with Gasteiger partial charge in [-0.1, -0.05) is 50.6 Å². The average Bonchev–Trinajstić information content (AvgIpc) is 2.43. The molecule has 1 nitrogen and oxygen atoms in total. The highest BCUT2D eigenvalue weighted by atomic mass is 16.1. The fourth-order valence-electron chi connectivity index (χ4n) is 2.21. The highest BCUT2D eigenvalue weighted by Gasteiger charge is 2.04. The topological polar surface area (TPSA) is 17.1 Å². The van der Waals surface area contributed by atoms with Crippen LogP contribution in [0, 0.1) is 0 Å². The number of ketones is 1. The molecule has 0 fully saturated rings. The molecular formula is C17H20O. The Morgan fingerprint density at radius 2 is 1.72 bits per heavy atom. The van der Waals surface area contributed by atoms with Gasteiger partial charge in [-0.05, 0) is 35.2 Å². The molecule has 0 spiro atoms. The van der Waals surface area contributed by atoms with Crippen LogP contribution in [0.15, 0.2) is 36.4 Å². The number of fused-ring (bicyclic) bond motifs is 1. The van der Waals surface area contributed by atoms with E-state index < -0.39 is 0 Å². The van der Waals surface area contributed by atoms with Crippen LogP contribution in [0.5, 0.6) is 0 Å². The fraction of sp³-hybridized carbons (Fsp3) is 0.353. The standard InChI is InChI=1S/C17H20O/c1-3-5-6-13-7-8-15-12-16(17(18)4-2)10-9-14(15)11-13/h7-12H,3-6H2,1-2H3. The summed E-state index contributed by atoms with van der Waals surface area (Å²) in [5, 5.41) is 2.39. The van der Waals surface area contributed by atoms with Gasteiger partial charge in [0, 0.05) is 12.0 Å². The molecule has 2 aromatic carbocycles. The Balaban J connectivity index is 2.33. The molecule has 18 heavy (non-hydrogen) atoms. The average molecular weight is 240 g/mol. The number of hydrogen-bond acceptors (Lipinski definition) is 1. The van der Waals surface area contributed by atoms with Crippen LogP contribution in [0.25, 0.3) is 10.8 Å². The molecule has 2 rings (SSSR count). The van der Waals surface area contributed by atoms with Crippen LogP contribution in [-0.4, -0.2) is 5.78 Å². The van der Waals surface area contributed by atoms with Crippen molar-refractivity contribution in [2.75, 3.05) is 0 Å². The minimum absolute atomic E-state index is 0.215. The highest BCUT2D eigenvalue weighted by molar-refractivity contribution is 5.99. The Morgan fingerprint density at radius 1 is 1.00 bits per heavy atom. The molecule has 2 aromatic rings. The van der Waals surface area contributed by atoms with Gasteiger partial charge in [-0.2, -0.15) is 0 Å². The second kappa shape index (κ2) is 5.81. The first-order valence-corrected chi connectivity index (χ1v) is 6.80. The van der Waals surface area contributed by atoms with Crippen LogP contribution < -0.4 is 0 Å². The van der Waals surface area contributed by atoms with Gasteiger partial charge in [0.1, 0.15) is 0 Å². The highest BCUT2D eigenvalue weighted by Crippen LogP contribution is 2.19. The lowest BCUT2D eigenvalue weighted by molar-refractivity contribution is 0.0988. The van der Waals surface area contributed by atoms with E-state index in [0.717, 1.165) is 17.4 Å². The van der Waals surface area contributed by atoms with Crippen LogP contribution in [-0.2, 0) is 6.42 Å². The van der Waals surface area contributed by atoms with E-state index in [-0.39, 0.29) is 5.78 Å². The Labute approximate surface area is 109 Å². The smallest absolute Gasteiger partial charge is 0.162 e. The summed E-state index contributed by atoms with van der Waals surface area (Å²) in [5.41, 5.74) is 2.21. The fourth-order valence-corrected chi connectivity index (χ4v) is 2.21. The maximum absolute atomic E-state index is 11.7.